The number of nitrogens with one attached hydrogen (secondary N) is 1. The van der Waals surface area contributed by atoms with Gasteiger partial charge < -0.3 is 15.1 Å². The minimum atomic E-state index is -0.425. The maximum atomic E-state index is 12.5. The average Bonchev–Trinajstić information content (AvgIpc) is 3.15. The van der Waals surface area contributed by atoms with E-state index in [1.54, 1.807) is 11.8 Å². The molecule has 3 rings (SSSR count). The van der Waals surface area contributed by atoms with Crippen molar-refractivity contribution < 1.29 is 14.4 Å². The van der Waals surface area contributed by atoms with E-state index in [1.807, 2.05) is 4.90 Å². The Morgan fingerprint density at radius 1 is 1.32 bits per heavy atom. The highest BCUT2D eigenvalue weighted by molar-refractivity contribution is 5.93. The molecule has 6 nitrogen and oxygen atoms in total. The molecule has 1 aliphatic carbocycles. The van der Waals surface area contributed by atoms with Crippen LogP contribution in [0, 0.1) is 5.92 Å². The molecule has 2 unspecified atom stereocenters. The van der Waals surface area contributed by atoms with Crippen LogP contribution in [0.4, 0.5) is 0 Å². The van der Waals surface area contributed by atoms with Gasteiger partial charge in [0.05, 0.1) is 5.92 Å². The van der Waals surface area contributed by atoms with Crippen LogP contribution in [0.15, 0.2) is 0 Å². The highest BCUT2D eigenvalue weighted by Gasteiger charge is 2.44. The number of hydrogen-bond donors (Lipinski definition) is 1. The highest BCUT2D eigenvalue weighted by atomic mass is 16.2. The van der Waals surface area contributed by atoms with E-state index in [4.69, 9.17) is 0 Å². The summed E-state index contributed by atoms with van der Waals surface area (Å²) in [5.74, 6) is -0.321. The largest absolute Gasteiger partial charge is 0.353 e. The fourth-order valence-corrected chi connectivity index (χ4v) is 2.95. The van der Waals surface area contributed by atoms with Crippen LogP contribution in [-0.2, 0) is 14.4 Å². The van der Waals surface area contributed by atoms with E-state index in [2.05, 4.69) is 5.32 Å². The molecule has 2 heterocycles. The molecule has 6 heteroatoms. The molecule has 2 aliphatic heterocycles. The number of amides is 3. The van der Waals surface area contributed by atoms with Crippen molar-refractivity contribution in [2.45, 2.75) is 38.3 Å². The molecule has 3 aliphatic rings. The summed E-state index contributed by atoms with van der Waals surface area (Å²) in [5, 5.41) is 2.74. The summed E-state index contributed by atoms with van der Waals surface area (Å²) in [6.45, 7) is 3.32. The van der Waals surface area contributed by atoms with E-state index in [0.717, 1.165) is 12.8 Å². The van der Waals surface area contributed by atoms with Crippen molar-refractivity contribution in [3.63, 3.8) is 0 Å². The van der Waals surface area contributed by atoms with Crippen LogP contribution in [0.5, 0.6) is 0 Å². The Hall–Kier alpha value is -1.59. The molecule has 0 radical (unpaired) electrons. The smallest absolute Gasteiger partial charge is 0.242 e. The maximum absolute atomic E-state index is 12.5. The van der Waals surface area contributed by atoms with Crippen LogP contribution < -0.4 is 5.32 Å². The van der Waals surface area contributed by atoms with E-state index in [9.17, 15) is 14.4 Å². The molecule has 19 heavy (non-hydrogen) atoms. The van der Waals surface area contributed by atoms with Gasteiger partial charge in [-0.2, -0.15) is 0 Å². The molecule has 0 aromatic rings. The van der Waals surface area contributed by atoms with Crippen molar-refractivity contribution in [1.29, 1.82) is 0 Å². The van der Waals surface area contributed by atoms with Gasteiger partial charge in [-0.3, -0.25) is 14.4 Å². The van der Waals surface area contributed by atoms with Gasteiger partial charge in [0.1, 0.15) is 6.04 Å². The Morgan fingerprint density at radius 3 is 2.74 bits per heavy atom. The molecular weight excluding hydrogens is 246 g/mol. The lowest BCUT2D eigenvalue weighted by Crippen LogP contribution is -2.57. The van der Waals surface area contributed by atoms with Gasteiger partial charge >= 0.3 is 0 Å². The number of rotatable bonds is 2. The van der Waals surface area contributed by atoms with Gasteiger partial charge in [0, 0.05) is 32.1 Å². The van der Waals surface area contributed by atoms with E-state index in [0.29, 0.717) is 32.1 Å². The Labute approximate surface area is 112 Å². The lowest BCUT2D eigenvalue weighted by atomic mass is 10.0. The third kappa shape index (κ3) is 2.19. The van der Waals surface area contributed by atoms with E-state index >= 15 is 0 Å². The van der Waals surface area contributed by atoms with Crippen molar-refractivity contribution >= 4 is 17.7 Å². The summed E-state index contributed by atoms with van der Waals surface area (Å²) in [7, 11) is 0. The van der Waals surface area contributed by atoms with Gasteiger partial charge in [-0.15, -0.1) is 0 Å². The first kappa shape index (κ1) is 12.4. The SMILES string of the molecule is CC1C(=O)NCCN1C(=O)C1CC(=O)N(C2CC2)C1. The molecule has 104 valence electrons. The van der Waals surface area contributed by atoms with Crippen molar-refractivity contribution in [2.24, 2.45) is 5.92 Å². The minimum absolute atomic E-state index is 0.0427. The first-order valence-corrected chi connectivity index (χ1v) is 6.95. The standard InChI is InChI=1S/C13H19N3O3/c1-8-12(18)14-4-5-15(8)13(19)9-6-11(17)16(7-9)10-2-3-10/h8-10H,2-7H2,1H3,(H,14,18). The topological polar surface area (TPSA) is 69.7 Å². The molecular formula is C13H19N3O3. The first-order valence-electron chi connectivity index (χ1n) is 6.95. The number of carbonyl (C=O) groups is 3. The van der Waals surface area contributed by atoms with Crippen LogP contribution in [0.25, 0.3) is 0 Å². The predicted molar refractivity (Wildman–Crippen MR) is 67.0 cm³/mol. The second kappa shape index (κ2) is 4.51. The van der Waals surface area contributed by atoms with Gasteiger partial charge in [-0.1, -0.05) is 0 Å². The van der Waals surface area contributed by atoms with Gasteiger partial charge in [0.2, 0.25) is 17.7 Å². The summed E-state index contributed by atoms with van der Waals surface area (Å²) in [6, 6.07) is -0.0568. The van der Waals surface area contributed by atoms with E-state index in [-0.39, 0.29) is 23.6 Å². The normalized spacial score (nSPS) is 31.6. The third-order valence-electron chi connectivity index (χ3n) is 4.28. The van der Waals surface area contributed by atoms with Crippen molar-refractivity contribution in [2.75, 3.05) is 19.6 Å². The molecule has 0 aromatic heterocycles. The van der Waals surface area contributed by atoms with E-state index < -0.39 is 6.04 Å². The molecule has 1 N–H and O–H groups in total. The number of hydrogen-bond acceptors (Lipinski definition) is 3. The van der Waals surface area contributed by atoms with Gasteiger partial charge in [-0.25, -0.2) is 0 Å². The van der Waals surface area contributed by atoms with Crippen LogP contribution in [0.2, 0.25) is 0 Å². The third-order valence-corrected chi connectivity index (χ3v) is 4.28. The molecule has 0 spiro atoms. The molecule has 0 aromatic carbocycles. The number of piperazine rings is 1. The summed E-state index contributed by atoms with van der Waals surface area (Å²) in [4.78, 5) is 39.4. The van der Waals surface area contributed by atoms with E-state index in [1.165, 1.54) is 0 Å². The fraction of sp³-hybridized carbons (Fsp3) is 0.769. The summed E-state index contributed by atoms with van der Waals surface area (Å²) < 4.78 is 0. The molecule has 0 bridgehead atoms. The van der Waals surface area contributed by atoms with Crippen LogP contribution in [0.1, 0.15) is 26.2 Å². The summed E-state index contributed by atoms with van der Waals surface area (Å²) >= 11 is 0. The lowest BCUT2D eigenvalue weighted by Gasteiger charge is -2.34. The zero-order valence-electron chi connectivity index (χ0n) is 11.1. The quantitative estimate of drug-likeness (QED) is 0.721. The van der Waals surface area contributed by atoms with Crippen molar-refractivity contribution in [3.8, 4) is 0 Å². The maximum Gasteiger partial charge on any atom is 0.242 e. The summed E-state index contributed by atoms with van der Waals surface area (Å²) in [5.41, 5.74) is 0. The molecule has 1 saturated carbocycles. The second-order valence-corrected chi connectivity index (χ2v) is 5.68. The first-order chi connectivity index (χ1) is 9.08. The molecule has 3 amide bonds. The number of likely N-dealkylation sites (tertiary alicyclic amines) is 1. The summed E-state index contributed by atoms with van der Waals surface area (Å²) in [6.07, 6.45) is 2.44. The van der Waals surface area contributed by atoms with Gasteiger partial charge in [-0.05, 0) is 19.8 Å². The van der Waals surface area contributed by atoms with Crippen molar-refractivity contribution in [1.82, 2.24) is 15.1 Å². The average molecular weight is 265 g/mol. The van der Waals surface area contributed by atoms with Crippen molar-refractivity contribution in [3.05, 3.63) is 0 Å². The van der Waals surface area contributed by atoms with Crippen LogP contribution >= 0.6 is 0 Å². The zero-order chi connectivity index (χ0) is 13.6. The van der Waals surface area contributed by atoms with Crippen LogP contribution in [0.3, 0.4) is 0 Å². The fourth-order valence-electron chi connectivity index (χ4n) is 2.95. The zero-order valence-corrected chi connectivity index (χ0v) is 11.1. The molecule has 2 saturated heterocycles. The number of nitrogens with zero attached hydrogens (tertiary/aromatic N) is 2. The molecule has 3 fully saturated rings. The lowest BCUT2D eigenvalue weighted by molar-refractivity contribution is -0.145. The second-order valence-electron chi connectivity index (χ2n) is 5.68. The van der Waals surface area contributed by atoms with Crippen LogP contribution in [-0.4, -0.2) is 59.2 Å². The Balaban J connectivity index is 1.67. The van der Waals surface area contributed by atoms with Gasteiger partial charge in [0.15, 0.2) is 0 Å². The Morgan fingerprint density at radius 2 is 2.05 bits per heavy atom. The van der Waals surface area contributed by atoms with Gasteiger partial charge in [0.25, 0.3) is 0 Å². The monoisotopic (exact) mass is 265 g/mol. The number of carbonyl (C=O) groups excluding carboxylic acids is 3. The Kier molecular flexibility index (Phi) is 2.95. The predicted octanol–water partition coefficient (Wildman–Crippen LogP) is -0.656. The molecule has 2 atom stereocenters. The Bertz CT molecular complexity index is 433. The minimum Gasteiger partial charge on any atom is -0.353 e. The highest BCUT2D eigenvalue weighted by Crippen LogP contribution is 2.33.